The van der Waals surface area contributed by atoms with Gasteiger partial charge in [-0.05, 0) is 107 Å². The van der Waals surface area contributed by atoms with E-state index in [9.17, 15) is 49.6 Å². The minimum Gasteiger partial charge on any atom is -0.545 e. The molecule has 20 nitrogen and oxygen atoms in total. The van der Waals surface area contributed by atoms with Gasteiger partial charge >= 0.3 is 0 Å². The van der Waals surface area contributed by atoms with Gasteiger partial charge in [-0.3, -0.25) is 34.6 Å². The van der Waals surface area contributed by atoms with Crippen LogP contribution in [0.2, 0.25) is 0 Å². The van der Waals surface area contributed by atoms with Crippen LogP contribution in [0, 0.1) is 20.2 Å². The van der Waals surface area contributed by atoms with Crippen molar-refractivity contribution in [3.8, 4) is 28.2 Å². The SMILES string of the molecule is CN(C)c1ccc2c(-c3ccc(C(=O)NCCOCCOCCOCc4cc(O)ccc4/C=C/C(=O)Sc4ccc(C(=O)NCc5cc([N+](=O)[O-])cc([N+](=O)[O-])c5)cc4)cc3C(=O)[O-])c3ccc(=[N+](C)C)cc-3oc2c1. The summed E-state index contributed by atoms with van der Waals surface area (Å²) < 4.78 is 25.3. The van der Waals surface area contributed by atoms with Crippen molar-refractivity contribution < 1.29 is 57.9 Å². The van der Waals surface area contributed by atoms with E-state index >= 15 is 0 Å². The molecule has 5 aromatic carbocycles. The number of nitrogens with zero attached hydrogens (tertiary/aromatic N) is 4. The normalized spacial score (nSPS) is 11.2. The van der Waals surface area contributed by atoms with Gasteiger partial charge in [0.2, 0.25) is 10.5 Å². The van der Waals surface area contributed by atoms with Crippen molar-refractivity contribution in [1.82, 2.24) is 15.2 Å². The summed E-state index contributed by atoms with van der Waals surface area (Å²) in [4.78, 5) is 74.8. The number of carboxylic acid groups (broad SMARTS) is 1. The highest BCUT2D eigenvalue weighted by atomic mass is 32.2. The zero-order valence-corrected chi connectivity index (χ0v) is 42.5. The predicted octanol–water partition coefficient (Wildman–Crippen LogP) is 6.43. The monoisotopic (exact) mass is 1050 g/mol. The van der Waals surface area contributed by atoms with Crippen molar-refractivity contribution >= 4 is 68.8 Å². The van der Waals surface area contributed by atoms with Crippen LogP contribution in [0.15, 0.2) is 131 Å². The van der Waals surface area contributed by atoms with Gasteiger partial charge in [-0.1, -0.05) is 18.2 Å². The molecule has 2 amide bonds. The average Bonchev–Trinajstić information content (AvgIpc) is 3.40. The van der Waals surface area contributed by atoms with Crippen LogP contribution < -0.4 is 30.6 Å². The van der Waals surface area contributed by atoms with E-state index in [0.29, 0.717) is 49.4 Å². The number of ether oxygens (including phenoxy) is 3. The molecule has 0 spiro atoms. The fraction of sp³-hybridized carbons (Fsp3) is 0.218. The Bertz CT molecular complexity index is 3370. The summed E-state index contributed by atoms with van der Waals surface area (Å²) in [7, 11) is 7.67. The molecule has 0 atom stereocenters. The highest BCUT2D eigenvalue weighted by Gasteiger charge is 2.23. The number of thioether (sulfide) groups is 1. The number of carbonyl (C=O) groups is 4. The minimum absolute atomic E-state index is 0.0115. The minimum atomic E-state index is -1.44. The summed E-state index contributed by atoms with van der Waals surface area (Å²) >= 11 is 0.914. The molecular weight excluding hydrogens is 1000 g/mol. The summed E-state index contributed by atoms with van der Waals surface area (Å²) in [5.74, 6) is -1.88. The molecule has 0 bridgehead atoms. The molecule has 0 saturated heterocycles. The molecule has 76 heavy (non-hydrogen) atoms. The van der Waals surface area contributed by atoms with E-state index in [1.54, 1.807) is 36.4 Å². The van der Waals surface area contributed by atoms with Crippen molar-refractivity contribution in [2.24, 2.45) is 0 Å². The number of benzene rings is 6. The third kappa shape index (κ3) is 14.3. The van der Waals surface area contributed by atoms with Gasteiger partial charge in [-0.25, -0.2) is 4.58 Å². The number of aromatic carboxylic acids is 1. The molecule has 5 aromatic rings. The van der Waals surface area contributed by atoms with Crippen molar-refractivity contribution in [2.45, 2.75) is 18.0 Å². The smallest absolute Gasteiger partial charge is 0.276 e. The number of amides is 2. The van der Waals surface area contributed by atoms with Crippen LogP contribution in [0.5, 0.6) is 5.75 Å². The van der Waals surface area contributed by atoms with Gasteiger partial charge in [-0.15, -0.1) is 0 Å². The molecule has 7 rings (SSSR count). The number of aromatic hydroxyl groups is 1. The fourth-order valence-electron chi connectivity index (χ4n) is 7.86. The van der Waals surface area contributed by atoms with E-state index in [0.717, 1.165) is 41.0 Å². The van der Waals surface area contributed by atoms with Crippen molar-refractivity contribution in [3.63, 3.8) is 0 Å². The number of nitro benzene ring substituents is 2. The third-order valence-corrected chi connectivity index (χ3v) is 12.6. The van der Waals surface area contributed by atoms with E-state index in [1.165, 1.54) is 36.4 Å². The molecule has 1 aliphatic carbocycles. The molecule has 1 heterocycles. The Balaban J connectivity index is 0.826. The average molecular weight is 1050 g/mol. The first-order valence-electron chi connectivity index (χ1n) is 23.5. The Morgan fingerprint density at radius 2 is 1.38 bits per heavy atom. The Morgan fingerprint density at radius 3 is 2.05 bits per heavy atom. The van der Waals surface area contributed by atoms with E-state index in [-0.39, 0.29) is 85.8 Å². The second-order valence-electron chi connectivity index (χ2n) is 17.4. The highest BCUT2D eigenvalue weighted by Crippen LogP contribution is 2.42. The quantitative estimate of drug-likeness (QED) is 0.0118. The summed E-state index contributed by atoms with van der Waals surface area (Å²) in [5, 5.41) is 51.8. The molecule has 2 aliphatic rings. The van der Waals surface area contributed by atoms with Crippen molar-refractivity contribution in [2.75, 3.05) is 72.7 Å². The number of phenols is 1. The number of phenolic OH excluding ortho intramolecular Hbond substituents is 1. The van der Waals surface area contributed by atoms with Gasteiger partial charge in [0.1, 0.15) is 31.2 Å². The topological polar surface area (TPSA) is 269 Å². The Morgan fingerprint density at radius 1 is 0.724 bits per heavy atom. The van der Waals surface area contributed by atoms with E-state index in [2.05, 4.69) is 10.6 Å². The lowest BCUT2D eigenvalue weighted by Crippen LogP contribution is -2.29. The second-order valence-corrected chi connectivity index (χ2v) is 18.5. The number of nitrogens with one attached hydrogen (secondary N) is 2. The fourth-order valence-corrected chi connectivity index (χ4v) is 8.50. The molecule has 3 N–H and O–H groups in total. The zero-order valence-electron chi connectivity index (χ0n) is 41.7. The molecule has 0 fully saturated rings. The number of nitro groups is 2. The Hall–Kier alpha value is -8.76. The predicted molar refractivity (Wildman–Crippen MR) is 283 cm³/mol. The highest BCUT2D eigenvalue weighted by molar-refractivity contribution is 8.14. The van der Waals surface area contributed by atoms with Crippen LogP contribution in [0.4, 0.5) is 17.1 Å². The van der Waals surface area contributed by atoms with Gasteiger partial charge in [0.25, 0.3) is 23.2 Å². The summed E-state index contributed by atoms with van der Waals surface area (Å²) in [6.45, 7) is 1.14. The maximum atomic E-state index is 13.2. The summed E-state index contributed by atoms with van der Waals surface area (Å²) in [6, 6.07) is 29.9. The molecule has 0 aromatic heterocycles. The lowest BCUT2D eigenvalue weighted by atomic mass is 9.89. The van der Waals surface area contributed by atoms with Crippen LogP contribution in [-0.2, 0) is 32.2 Å². The maximum Gasteiger partial charge on any atom is 0.276 e. The number of hydrogen-bond acceptors (Lipinski definition) is 16. The molecule has 21 heteroatoms. The lowest BCUT2D eigenvalue weighted by molar-refractivity contribution is -0.394. The molecule has 0 radical (unpaired) electrons. The Kier molecular flexibility index (Phi) is 18.4. The second kappa shape index (κ2) is 25.5. The number of rotatable bonds is 23. The molecule has 0 unspecified atom stereocenters. The van der Waals surface area contributed by atoms with Crippen LogP contribution >= 0.6 is 11.8 Å². The van der Waals surface area contributed by atoms with Gasteiger partial charge < -0.3 is 49.2 Å². The maximum absolute atomic E-state index is 13.2. The number of non-ortho nitro benzene ring substituents is 2. The summed E-state index contributed by atoms with van der Waals surface area (Å²) in [5.41, 5.74) is 3.89. The van der Waals surface area contributed by atoms with Crippen LogP contribution in [0.1, 0.15) is 47.8 Å². The van der Waals surface area contributed by atoms with E-state index < -0.39 is 39.0 Å². The van der Waals surface area contributed by atoms with Crippen LogP contribution in [0.25, 0.3) is 39.5 Å². The van der Waals surface area contributed by atoms with Crippen molar-refractivity contribution in [3.05, 3.63) is 180 Å². The lowest BCUT2D eigenvalue weighted by Gasteiger charge is -2.20. The molecule has 1 aliphatic heterocycles. The molecule has 0 saturated carbocycles. The van der Waals surface area contributed by atoms with Crippen LogP contribution in [-0.4, -0.2) is 106 Å². The number of anilines is 1. The van der Waals surface area contributed by atoms with E-state index in [1.807, 2.05) is 74.1 Å². The summed E-state index contributed by atoms with van der Waals surface area (Å²) in [6.07, 6.45) is 2.96. The first kappa shape index (κ1) is 55.0. The number of hydrogen-bond donors (Lipinski definition) is 3. The van der Waals surface area contributed by atoms with Gasteiger partial charge in [-0.2, -0.15) is 0 Å². The van der Waals surface area contributed by atoms with Gasteiger partial charge in [0.05, 0.1) is 67.6 Å². The number of carboxylic acids is 1. The molecular formula is C55H52N6O14S. The van der Waals surface area contributed by atoms with Gasteiger partial charge in [0, 0.05) is 95.2 Å². The first-order valence-corrected chi connectivity index (χ1v) is 24.4. The van der Waals surface area contributed by atoms with Crippen LogP contribution in [0.3, 0.4) is 0 Å². The van der Waals surface area contributed by atoms with Gasteiger partial charge in [0.15, 0.2) is 0 Å². The van der Waals surface area contributed by atoms with E-state index in [4.69, 9.17) is 18.6 Å². The largest absolute Gasteiger partial charge is 0.545 e. The first-order chi connectivity index (χ1) is 36.4. The number of carbonyl (C=O) groups excluding carboxylic acids is 4. The standard InChI is InChI=1S/C55H52N6O14S/c1-58(2)39-10-16-46-49(30-39)75-50-31-40(59(3)4)11-17-47(50)52(46)45-15-8-37(28-48(45)55(66)67)54(65)56-19-20-72-21-22-73-23-24-74-33-38-27-43(62)12-5-35(38)9-18-51(63)76-44-13-6-36(7-14-44)53(64)57-32-34-25-41(60(68)69)29-42(26-34)61(70)71/h5-18,25-31H,19-24,32-33H2,1-4H3,(H3-,56,57,62,63,64,65,66,67). The zero-order chi connectivity index (χ0) is 54.5. The Labute approximate surface area is 439 Å². The third-order valence-electron chi connectivity index (χ3n) is 11.7. The molecule has 392 valence electrons. The van der Waals surface area contributed by atoms with Crippen molar-refractivity contribution in [1.29, 1.82) is 0 Å². The number of fused-ring (bicyclic) bond motifs is 2.